The van der Waals surface area contributed by atoms with E-state index >= 15 is 0 Å². The molecule has 1 aliphatic rings. The number of rotatable bonds is 10. The van der Waals surface area contributed by atoms with Gasteiger partial charge in [0.1, 0.15) is 10.6 Å². The van der Waals surface area contributed by atoms with Crippen LogP contribution in [0.25, 0.3) is 5.69 Å². The standard InChI is InChI=1S/C24H26ClN5O6S/c1-4-14(2)26-23(31)22-15(3)24(29(27-22)18-7-5-6-16(25)12-18)36-20-11-10-19(30(32)33)13-21(20)37(34,35)28-17-8-9-17/h5-7,10-14,17,28H,4,8-9H2,1-3H3,(H,26,31)/t14-/m0/s1. The third kappa shape index (κ3) is 5.92. The first kappa shape index (κ1) is 26.6. The van der Waals surface area contributed by atoms with Crippen LogP contribution in [0, 0.1) is 17.0 Å². The lowest BCUT2D eigenvalue weighted by atomic mass is 10.2. The lowest BCUT2D eigenvalue weighted by molar-refractivity contribution is -0.385. The van der Waals surface area contributed by atoms with Gasteiger partial charge in [-0.25, -0.2) is 13.1 Å². The van der Waals surface area contributed by atoms with E-state index in [-0.39, 0.29) is 29.4 Å². The predicted molar refractivity (Wildman–Crippen MR) is 137 cm³/mol. The van der Waals surface area contributed by atoms with Crippen molar-refractivity contribution in [3.05, 3.63) is 68.9 Å². The average Bonchev–Trinajstić information content (AvgIpc) is 3.59. The number of hydrogen-bond donors (Lipinski definition) is 2. The van der Waals surface area contributed by atoms with E-state index in [2.05, 4.69) is 15.1 Å². The van der Waals surface area contributed by atoms with Gasteiger partial charge in [0.05, 0.1) is 10.6 Å². The van der Waals surface area contributed by atoms with E-state index in [0.717, 1.165) is 12.1 Å². The summed E-state index contributed by atoms with van der Waals surface area (Å²) in [7, 11) is -4.14. The number of hydrogen-bond acceptors (Lipinski definition) is 7. The van der Waals surface area contributed by atoms with Gasteiger partial charge < -0.3 is 10.1 Å². The number of benzene rings is 2. The van der Waals surface area contributed by atoms with Crippen molar-refractivity contribution in [2.24, 2.45) is 0 Å². The summed E-state index contributed by atoms with van der Waals surface area (Å²) in [5.74, 6) is -0.517. The van der Waals surface area contributed by atoms with Crippen molar-refractivity contribution in [3.8, 4) is 17.3 Å². The molecule has 1 aliphatic carbocycles. The number of nitrogens with one attached hydrogen (secondary N) is 2. The highest BCUT2D eigenvalue weighted by atomic mass is 35.5. The van der Waals surface area contributed by atoms with Crippen molar-refractivity contribution >= 4 is 33.2 Å². The third-order valence-corrected chi connectivity index (χ3v) is 7.64. The van der Waals surface area contributed by atoms with Gasteiger partial charge in [0, 0.05) is 34.8 Å². The number of non-ortho nitro benzene ring substituents is 1. The summed E-state index contributed by atoms with van der Waals surface area (Å²) < 4.78 is 36.2. The molecular formula is C24H26ClN5O6S. The Morgan fingerprint density at radius 2 is 2.03 bits per heavy atom. The first-order valence-corrected chi connectivity index (χ1v) is 13.5. The van der Waals surface area contributed by atoms with E-state index in [1.165, 1.54) is 10.7 Å². The maximum absolute atomic E-state index is 13.1. The van der Waals surface area contributed by atoms with Crippen LogP contribution in [-0.4, -0.2) is 41.1 Å². The number of ether oxygens (including phenoxy) is 1. The summed E-state index contributed by atoms with van der Waals surface area (Å²) in [6, 6.07) is 9.65. The topological polar surface area (TPSA) is 145 Å². The number of carbonyl (C=O) groups is 1. The van der Waals surface area contributed by atoms with Crippen LogP contribution in [0.4, 0.5) is 5.69 Å². The number of nitro groups is 1. The van der Waals surface area contributed by atoms with Gasteiger partial charge in [0.15, 0.2) is 5.69 Å². The molecule has 37 heavy (non-hydrogen) atoms. The van der Waals surface area contributed by atoms with Crippen LogP contribution in [-0.2, 0) is 10.0 Å². The maximum Gasteiger partial charge on any atom is 0.272 e. The van der Waals surface area contributed by atoms with Crippen molar-refractivity contribution in [1.29, 1.82) is 0 Å². The minimum absolute atomic E-state index is 0.0632. The van der Waals surface area contributed by atoms with Gasteiger partial charge in [0.25, 0.3) is 11.6 Å². The fraction of sp³-hybridized carbons (Fsp3) is 0.333. The van der Waals surface area contributed by atoms with Gasteiger partial charge in [-0.3, -0.25) is 14.9 Å². The first-order chi connectivity index (χ1) is 17.5. The molecule has 0 aliphatic heterocycles. The maximum atomic E-state index is 13.1. The highest BCUT2D eigenvalue weighted by Crippen LogP contribution is 2.36. The summed E-state index contributed by atoms with van der Waals surface area (Å²) >= 11 is 6.18. The lowest BCUT2D eigenvalue weighted by Gasteiger charge is -2.14. The van der Waals surface area contributed by atoms with E-state index in [4.69, 9.17) is 16.3 Å². The van der Waals surface area contributed by atoms with Gasteiger partial charge >= 0.3 is 0 Å². The summed E-state index contributed by atoms with van der Waals surface area (Å²) in [6.45, 7) is 5.42. The monoisotopic (exact) mass is 547 g/mol. The van der Waals surface area contributed by atoms with Gasteiger partial charge in [-0.15, -0.1) is 0 Å². The summed E-state index contributed by atoms with van der Waals surface area (Å²) in [5, 5.41) is 19.1. The molecule has 1 aromatic heterocycles. The fourth-order valence-electron chi connectivity index (χ4n) is 3.49. The van der Waals surface area contributed by atoms with Crippen LogP contribution in [0.2, 0.25) is 5.02 Å². The van der Waals surface area contributed by atoms with Gasteiger partial charge in [0.2, 0.25) is 15.9 Å². The highest BCUT2D eigenvalue weighted by Gasteiger charge is 2.32. The van der Waals surface area contributed by atoms with E-state index in [1.54, 1.807) is 31.2 Å². The largest absolute Gasteiger partial charge is 0.437 e. The van der Waals surface area contributed by atoms with E-state index < -0.39 is 31.4 Å². The van der Waals surface area contributed by atoms with Crippen LogP contribution in [0.1, 0.15) is 49.2 Å². The Morgan fingerprint density at radius 1 is 1.30 bits per heavy atom. The smallest absolute Gasteiger partial charge is 0.272 e. The Kier molecular flexibility index (Phi) is 7.53. The summed E-state index contributed by atoms with van der Waals surface area (Å²) in [6.07, 6.45) is 2.07. The SMILES string of the molecule is CC[C@H](C)NC(=O)c1nn(-c2cccc(Cl)c2)c(Oc2ccc([N+](=O)[O-])cc2S(=O)(=O)NC2CC2)c1C. The van der Waals surface area contributed by atoms with Crippen LogP contribution in [0.15, 0.2) is 47.4 Å². The Morgan fingerprint density at radius 3 is 2.65 bits per heavy atom. The molecule has 2 N–H and O–H groups in total. The van der Waals surface area contributed by atoms with Crippen molar-refractivity contribution in [2.45, 2.75) is 57.0 Å². The summed E-state index contributed by atoms with van der Waals surface area (Å²) in [5.41, 5.74) is 0.489. The molecule has 1 fully saturated rings. The molecule has 1 saturated carbocycles. The average molecular weight is 548 g/mol. The van der Waals surface area contributed by atoms with Crippen LogP contribution >= 0.6 is 11.6 Å². The van der Waals surface area contributed by atoms with Gasteiger partial charge in [-0.1, -0.05) is 24.6 Å². The van der Waals surface area contributed by atoms with Crippen molar-refractivity contribution in [2.75, 3.05) is 0 Å². The van der Waals surface area contributed by atoms with E-state index in [1.807, 2.05) is 13.8 Å². The second-order valence-corrected chi connectivity index (χ2v) is 11.0. The zero-order valence-electron chi connectivity index (χ0n) is 20.4. The zero-order chi connectivity index (χ0) is 26.9. The number of sulfonamides is 1. The number of nitro benzene ring substituents is 1. The molecule has 1 heterocycles. The first-order valence-electron chi connectivity index (χ1n) is 11.6. The van der Waals surface area contributed by atoms with Crippen molar-refractivity contribution in [1.82, 2.24) is 19.8 Å². The number of aromatic nitrogens is 2. The summed E-state index contributed by atoms with van der Waals surface area (Å²) in [4.78, 5) is 23.3. The molecule has 0 spiro atoms. The van der Waals surface area contributed by atoms with Crippen LogP contribution < -0.4 is 14.8 Å². The Balaban J connectivity index is 1.85. The molecule has 2 aromatic carbocycles. The molecule has 0 saturated heterocycles. The van der Waals surface area contributed by atoms with Gasteiger partial charge in [-0.05, 0) is 57.4 Å². The van der Waals surface area contributed by atoms with Crippen LogP contribution in [0.3, 0.4) is 0 Å². The Bertz CT molecular complexity index is 1470. The Labute approximate surface area is 219 Å². The number of carbonyl (C=O) groups excluding carboxylic acids is 1. The lowest BCUT2D eigenvalue weighted by Crippen LogP contribution is -2.32. The second-order valence-electron chi connectivity index (χ2n) is 8.84. The quantitative estimate of drug-likeness (QED) is 0.280. The van der Waals surface area contributed by atoms with Gasteiger partial charge in [-0.2, -0.15) is 9.78 Å². The molecular weight excluding hydrogens is 522 g/mol. The third-order valence-electron chi connectivity index (χ3n) is 5.86. The fourth-order valence-corrected chi connectivity index (χ4v) is 5.12. The van der Waals surface area contributed by atoms with E-state index in [0.29, 0.717) is 35.5 Å². The normalized spacial score (nSPS) is 14.3. The van der Waals surface area contributed by atoms with Crippen LogP contribution in [0.5, 0.6) is 11.6 Å². The molecule has 0 unspecified atom stereocenters. The Hall–Kier alpha value is -3.48. The predicted octanol–water partition coefficient (Wildman–Crippen LogP) is 4.50. The molecule has 196 valence electrons. The van der Waals surface area contributed by atoms with E-state index in [9.17, 15) is 23.3 Å². The van der Waals surface area contributed by atoms with Crippen molar-refractivity contribution in [3.63, 3.8) is 0 Å². The molecule has 3 aromatic rings. The molecule has 1 atom stereocenters. The minimum Gasteiger partial charge on any atom is -0.437 e. The second kappa shape index (κ2) is 10.5. The highest BCUT2D eigenvalue weighted by molar-refractivity contribution is 7.89. The zero-order valence-corrected chi connectivity index (χ0v) is 22.0. The number of amides is 1. The van der Waals surface area contributed by atoms with Crippen molar-refractivity contribution < 1.29 is 22.9 Å². The molecule has 11 nitrogen and oxygen atoms in total. The minimum atomic E-state index is -4.14. The molecule has 13 heteroatoms. The molecule has 0 radical (unpaired) electrons. The number of nitrogens with zero attached hydrogens (tertiary/aromatic N) is 3. The molecule has 1 amide bonds. The molecule has 4 rings (SSSR count). The number of halogens is 1. The molecule has 0 bridgehead atoms.